The number of hydrogen-bond donors (Lipinski definition) is 1. The Labute approximate surface area is 105 Å². The van der Waals surface area contributed by atoms with Crippen molar-refractivity contribution < 1.29 is 23.1 Å². The number of rotatable bonds is 2. The Bertz CT molecular complexity index is 609. The van der Waals surface area contributed by atoms with Gasteiger partial charge in [0.2, 0.25) is 5.82 Å². The number of nitrogens with zero attached hydrogens (tertiary/aromatic N) is 2. The number of alkyl halides is 3. The van der Waals surface area contributed by atoms with Crippen molar-refractivity contribution in [3.63, 3.8) is 0 Å². The van der Waals surface area contributed by atoms with E-state index in [1.807, 2.05) is 0 Å². The van der Waals surface area contributed by atoms with E-state index in [9.17, 15) is 18.0 Å². The molecule has 4 nitrogen and oxygen atoms in total. The molecule has 98 valence electrons. The number of carboxylic acids is 1. The third-order valence-electron chi connectivity index (χ3n) is 2.35. The third-order valence-corrected chi connectivity index (χ3v) is 2.35. The van der Waals surface area contributed by atoms with E-state index in [0.717, 1.165) is 12.1 Å². The SMILES string of the molecule is O=C(O)c1nccc(-c2ccc(C(F)(F)F)cc2)n1. The van der Waals surface area contributed by atoms with Gasteiger partial charge in [0.25, 0.3) is 0 Å². The topological polar surface area (TPSA) is 63.1 Å². The summed E-state index contributed by atoms with van der Waals surface area (Å²) in [5.41, 5.74) is -0.136. The molecule has 0 radical (unpaired) electrons. The molecule has 0 unspecified atom stereocenters. The first kappa shape index (κ1) is 13.0. The zero-order valence-electron chi connectivity index (χ0n) is 9.35. The van der Waals surface area contributed by atoms with Crippen molar-refractivity contribution in [3.05, 3.63) is 47.9 Å². The van der Waals surface area contributed by atoms with Gasteiger partial charge in [0.15, 0.2) is 0 Å². The van der Waals surface area contributed by atoms with Crippen molar-refractivity contribution in [1.29, 1.82) is 0 Å². The molecule has 7 heteroatoms. The molecule has 2 aromatic rings. The van der Waals surface area contributed by atoms with E-state index in [-0.39, 0.29) is 5.69 Å². The van der Waals surface area contributed by atoms with Crippen LogP contribution in [0.3, 0.4) is 0 Å². The minimum absolute atomic E-state index is 0.251. The van der Waals surface area contributed by atoms with Crippen molar-refractivity contribution in [2.75, 3.05) is 0 Å². The molecule has 0 aliphatic rings. The first-order valence-electron chi connectivity index (χ1n) is 5.12. The van der Waals surface area contributed by atoms with Gasteiger partial charge in [0, 0.05) is 11.8 Å². The fraction of sp³-hybridized carbons (Fsp3) is 0.0833. The second-order valence-corrected chi connectivity index (χ2v) is 3.65. The number of hydrogen-bond acceptors (Lipinski definition) is 3. The zero-order chi connectivity index (χ0) is 14.0. The fourth-order valence-electron chi connectivity index (χ4n) is 1.45. The largest absolute Gasteiger partial charge is 0.475 e. The summed E-state index contributed by atoms with van der Waals surface area (Å²) in [4.78, 5) is 18.0. The molecule has 19 heavy (non-hydrogen) atoms. The number of aromatic carboxylic acids is 1. The molecule has 0 atom stereocenters. The van der Waals surface area contributed by atoms with E-state index in [1.165, 1.54) is 24.4 Å². The van der Waals surface area contributed by atoms with Crippen LogP contribution in [0.25, 0.3) is 11.3 Å². The Hall–Kier alpha value is -2.44. The van der Waals surface area contributed by atoms with E-state index in [2.05, 4.69) is 9.97 Å². The third kappa shape index (κ3) is 2.87. The molecule has 0 aliphatic heterocycles. The molecule has 1 aromatic carbocycles. The number of aromatic nitrogens is 2. The Kier molecular flexibility index (Phi) is 3.20. The highest BCUT2D eigenvalue weighted by atomic mass is 19.4. The highest BCUT2D eigenvalue weighted by Gasteiger charge is 2.30. The van der Waals surface area contributed by atoms with Gasteiger partial charge in [0.1, 0.15) is 0 Å². The quantitative estimate of drug-likeness (QED) is 0.909. The lowest BCUT2D eigenvalue weighted by Crippen LogP contribution is -2.05. The van der Waals surface area contributed by atoms with E-state index >= 15 is 0 Å². The van der Waals surface area contributed by atoms with Crippen LogP contribution in [0.15, 0.2) is 36.5 Å². The maximum atomic E-state index is 12.4. The van der Waals surface area contributed by atoms with Gasteiger partial charge in [-0.1, -0.05) is 12.1 Å². The lowest BCUT2D eigenvalue weighted by atomic mass is 10.1. The summed E-state index contributed by atoms with van der Waals surface area (Å²) >= 11 is 0. The van der Waals surface area contributed by atoms with Crippen LogP contribution in [0.5, 0.6) is 0 Å². The van der Waals surface area contributed by atoms with Gasteiger partial charge in [-0.3, -0.25) is 0 Å². The minimum atomic E-state index is -4.41. The standard InChI is InChI=1S/C12H7F3N2O2/c13-12(14,15)8-3-1-7(2-4-8)9-5-6-16-10(17-9)11(18)19/h1-6H,(H,18,19). The van der Waals surface area contributed by atoms with Crippen molar-refractivity contribution in [2.45, 2.75) is 6.18 Å². The van der Waals surface area contributed by atoms with Crippen molar-refractivity contribution in [1.82, 2.24) is 9.97 Å². The van der Waals surface area contributed by atoms with Crippen molar-refractivity contribution in [3.8, 4) is 11.3 Å². The monoisotopic (exact) mass is 268 g/mol. The molecule has 0 spiro atoms. The summed E-state index contributed by atoms with van der Waals surface area (Å²) in [5, 5.41) is 8.73. The van der Waals surface area contributed by atoms with Gasteiger partial charge in [-0.05, 0) is 18.2 Å². The molecular weight excluding hydrogens is 261 g/mol. The van der Waals surface area contributed by atoms with E-state index in [4.69, 9.17) is 5.11 Å². The van der Waals surface area contributed by atoms with Crippen LogP contribution in [-0.2, 0) is 6.18 Å². The van der Waals surface area contributed by atoms with Crippen molar-refractivity contribution in [2.24, 2.45) is 0 Å². The van der Waals surface area contributed by atoms with Gasteiger partial charge < -0.3 is 5.11 Å². The van der Waals surface area contributed by atoms with Crippen LogP contribution in [0.2, 0.25) is 0 Å². The molecule has 0 saturated heterocycles. The van der Waals surface area contributed by atoms with Crippen LogP contribution in [0, 0.1) is 0 Å². The Balaban J connectivity index is 2.37. The lowest BCUT2D eigenvalue weighted by Gasteiger charge is -2.07. The highest BCUT2D eigenvalue weighted by Crippen LogP contribution is 2.30. The zero-order valence-corrected chi connectivity index (χ0v) is 9.35. The molecule has 1 aromatic heterocycles. The Morgan fingerprint density at radius 3 is 2.26 bits per heavy atom. The van der Waals surface area contributed by atoms with Crippen LogP contribution >= 0.6 is 0 Å². The Morgan fingerprint density at radius 2 is 1.74 bits per heavy atom. The number of carboxylic acid groups (broad SMARTS) is 1. The molecule has 0 saturated carbocycles. The molecule has 1 heterocycles. The maximum Gasteiger partial charge on any atom is 0.416 e. The second-order valence-electron chi connectivity index (χ2n) is 3.65. The average molecular weight is 268 g/mol. The molecular formula is C12H7F3N2O2. The number of halogens is 3. The van der Waals surface area contributed by atoms with Crippen LogP contribution < -0.4 is 0 Å². The van der Waals surface area contributed by atoms with Crippen LogP contribution in [0.1, 0.15) is 16.2 Å². The Morgan fingerprint density at radius 1 is 1.11 bits per heavy atom. The maximum absolute atomic E-state index is 12.4. The minimum Gasteiger partial charge on any atom is -0.475 e. The number of carbonyl (C=O) groups is 1. The first-order chi connectivity index (χ1) is 8.88. The smallest absolute Gasteiger partial charge is 0.416 e. The summed E-state index contributed by atoms with van der Waals surface area (Å²) in [6, 6.07) is 5.72. The van der Waals surface area contributed by atoms with Gasteiger partial charge >= 0.3 is 12.1 Å². The van der Waals surface area contributed by atoms with E-state index in [0.29, 0.717) is 5.56 Å². The second kappa shape index (κ2) is 4.68. The average Bonchev–Trinajstić information content (AvgIpc) is 2.38. The van der Waals surface area contributed by atoms with Gasteiger partial charge in [-0.2, -0.15) is 13.2 Å². The molecule has 0 bridgehead atoms. The normalized spacial score (nSPS) is 11.3. The molecule has 2 rings (SSSR count). The van der Waals surface area contributed by atoms with Crippen LogP contribution in [0.4, 0.5) is 13.2 Å². The summed E-state index contributed by atoms with van der Waals surface area (Å²) in [5.74, 6) is -1.70. The molecule has 0 fully saturated rings. The fourth-order valence-corrected chi connectivity index (χ4v) is 1.45. The van der Waals surface area contributed by atoms with Crippen molar-refractivity contribution >= 4 is 5.97 Å². The summed E-state index contributed by atoms with van der Waals surface area (Å²) < 4.78 is 37.2. The van der Waals surface area contributed by atoms with E-state index < -0.39 is 23.5 Å². The van der Waals surface area contributed by atoms with Gasteiger partial charge in [0.05, 0.1) is 11.3 Å². The first-order valence-corrected chi connectivity index (χ1v) is 5.12. The predicted octanol–water partition coefficient (Wildman–Crippen LogP) is 2.86. The number of benzene rings is 1. The van der Waals surface area contributed by atoms with Gasteiger partial charge in [-0.25, -0.2) is 14.8 Å². The summed E-state index contributed by atoms with van der Waals surface area (Å²) in [6.45, 7) is 0. The summed E-state index contributed by atoms with van der Waals surface area (Å²) in [6.07, 6.45) is -3.17. The summed E-state index contributed by atoms with van der Waals surface area (Å²) in [7, 11) is 0. The highest BCUT2D eigenvalue weighted by molar-refractivity contribution is 5.83. The van der Waals surface area contributed by atoms with Crippen LogP contribution in [-0.4, -0.2) is 21.0 Å². The molecule has 0 amide bonds. The van der Waals surface area contributed by atoms with E-state index in [1.54, 1.807) is 0 Å². The lowest BCUT2D eigenvalue weighted by molar-refractivity contribution is -0.137. The molecule has 0 aliphatic carbocycles. The predicted molar refractivity (Wildman–Crippen MR) is 59.4 cm³/mol. The van der Waals surface area contributed by atoms with Gasteiger partial charge in [-0.15, -0.1) is 0 Å². The molecule has 1 N–H and O–H groups in total.